The molecule has 1 unspecified atom stereocenters. The Morgan fingerprint density at radius 2 is 1.61 bits per heavy atom. The van der Waals surface area contributed by atoms with E-state index in [0.29, 0.717) is 32.0 Å². The summed E-state index contributed by atoms with van der Waals surface area (Å²) in [4.78, 5) is 44.6. The van der Waals surface area contributed by atoms with Gasteiger partial charge in [-0.3, -0.25) is 14.4 Å². The number of thiazole rings is 1. The van der Waals surface area contributed by atoms with E-state index in [0.717, 1.165) is 16.2 Å². The normalized spacial score (nSPS) is 11.9. The quantitative estimate of drug-likeness (QED) is 0.101. The topological polar surface area (TPSA) is 100 Å². The van der Waals surface area contributed by atoms with Crippen molar-refractivity contribution in [1.82, 2.24) is 10.3 Å². The van der Waals surface area contributed by atoms with Gasteiger partial charge in [-0.25, -0.2) is 4.98 Å². The highest BCUT2D eigenvalue weighted by atomic mass is 35.5. The maximum atomic E-state index is 13.4. The Morgan fingerprint density at radius 3 is 2.30 bits per heavy atom. The van der Waals surface area contributed by atoms with Crippen LogP contribution in [-0.4, -0.2) is 28.0 Å². The average molecular weight is 688 g/mol. The van der Waals surface area contributed by atoms with E-state index in [2.05, 4.69) is 20.9 Å². The first-order valence-electron chi connectivity index (χ1n) is 14.1. The molecule has 0 aliphatic carbocycles. The van der Waals surface area contributed by atoms with Crippen LogP contribution < -0.4 is 16.0 Å². The number of hydrogen-bond donors (Lipinski definition) is 3. The first-order valence-corrected chi connectivity index (χ1v) is 16.6. The Kier molecular flexibility index (Phi) is 10.9. The molecular formula is C35H28Cl2N4O3S2. The summed E-state index contributed by atoms with van der Waals surface area (Å²) in [5.41, 5.74) is 4.37. The van der Waals surface area contributed by atoms with Crippen molar-refractivity contribution in [2.45, 2.75) is 24.0 Å². The van der Waals surface area contributed by atoms with Crippen LogP contribution in [0.2, 0.25) is 10.0 Å². The van der Waals surface area contributed by atoms with Crippen molar-refractivity contribution in [2.75, 3.05) is 10.6 Å². The number of hydrogen-bond acceptors (Lipinski definition) is 6. The summed E-state index contributed by atoms with van der Waals surface area (Å²) in [7, 11) is 0. The Morgan fingerprint density at radius 1 is 0.891 bits per heavy atom. The van der Waals surface area contributed by atoms with E-state index < -0.39 is 17.1 Å². The monoisotopic (exact) mass is 686 g/mol. The van der Waals surface area contributed by atoms with Crippen LogP contribution in [0, 0.1) is 6.92 Å². The van der Waals surface area contributed by atoms with E-state index in [1.54, 1.807) is 60.7 Å². The third kappa shape index (κ3) is 8.86. The summed E-state index contributed by atoms with van der Waals surface area (Å²) in [5.74, 6) is -1.16. The Balaban J connectivity index is 1.22. The van der Waals surface area contributed by atoms with Gasteiger partial charge in [0.2, 0.25) is 5.91 Å². The van der Waals surface area contributed by atoms with Gasteiger partial charge >= 0.3 is 0 Å². The number of benzene rings is 4. The molecule has 0 saturated carbocycles. The van der Waals surface area contributed by atoms with Gasteiger partial charge < -0.3 is 16.0 Å². The van der Waals surface area contributed by atoms with Crippen molar-refractivity contribution >= 4 is 80.9 Å². The molecule has 46 heavy (non-hydrogen) atoms. The number of nitrogens with one attached hydrogen (secondary N) is 3. The van der Waals surface area contributed by atoms with Gasteiger partial charge in [0, 0.05) is 37.1 Å². The van der Waals surface area contributed by atoms with E-state index in [9.17, 15) is 14.4 Å². The minimum atomic E-state index is -0.545. The standard InChI is InChI=1S/C35H28Cl2N4O3S2/c1-21-8-10-23(11-9-21)31-20-45-35(40-31)41-32(42)22(2)46-28-16-14-27(15-17-28)38-34(44)30(18-25-12-13-26(36)19-29(25)37)39-33(43)24-6-4-3-5-7-24/h3-20,22H,1-2H3,(H,38,44)(H,39,43)(H,40,41,42)/b30-18-. The molecule has 5 aromatic rings. The summed E-state index contributed by atoms with van der Waals surface area (Å²) in [6.07, 6.45) is 1.49. The van der Waals surface area contributed by atoms with Gasteiger partial charge in [-0.05, 0) is 74.0 Å². The molecule has 5 rings (SSSR count). The maximum Gasteiger partial charge on any atom is 0.272 e. The van der Waals surface area contributed by atoms with Crippen LogP contribution in [0.15, 0.2) is 113 Å². The van der Waals surface area contributed by atoms with Crippen LogP contribution >= 0.6 is 46.3 Å². The summed E-state index contributed by atoms with van der Waals surface area (Å²) in [6, 6.07) is 28.6. The number of thioether (sulfide) groups is 1. The predicted molar refractivity (Wildman–Crippen MR) is 190 cm³/mol. The van der Waals surface area contributed by atoms with Crippen molar-refractivity contribution in [1.29, 1.82) is 0 Å². The zero-order valence-electron chi connectivity index (χ0n) is 24.7. The smallest absolute Gasteiger partial charge is 0.272 e. The minimum Gasteiger partial charge on any atom is -0.321 e. The number of rotatable bonds is 10. The Bertz CT molecular complexity index is 1890. The van der Waals surface area contributed by atoms with Gasteiger partial charge in [0.05, 0.1) is 10.9 Å². The zero-order valence-corrected chi connectivity index (χ0v) is 27.9. The maximum absolute atomic E-state index is 13.4. The summed E-state index contributed by atoms with van der Waals surface area (Å²) in [5, 5.41) is 11.2. The number of nitrogens with zero attached hydrogens (tertiary/aromatic N) is 1. The highest BCUT2D eigenvalue weighted by Gasteiger charge is 2.18. The molecule has 0 radical (unpaired) electrons. The second-order valence-electron chi connectivity index (χ2n) is 10.2. The van der Waals surface area contributed by atoms with Gasteiger partial charge in [0.1, 0.15) is 5.70 Å². The molecule has 0 saturated heterocycles. The molecule has 0 spiro atoms. The van der Waals surface area contributed by atoms with Gasteiger partial charge in [-0.15, -0.1) is 23.1 Å². The highest BCUT2D eigenvalue weighted by molar-refractivity contribution is 8.00. The first-order chi connectivity index (χ1) is 22.1. The lowest BCUT2D eigenvalue weighted by Gasteiger charge is -2.13. The van der Waals surface area contributed by atoms with Crippen LogP contribution in [0.5, 0.6) is 0 Å². The van der Waals surface area contributed by atoms with Gasteiger partial charge in [0.25, 0.3) is 11.8 Å². The molecule has 1 heterocycles. The van der Waals surface area contributed by atoms with Crippen LogP contribution in [0.25, 0.3) is 17.3 Å². The number of aryl methyl sites for hydroxylation is 1. The lowest BCUT2D eigenvalue weighted by atomic mass is 10.1. The van der Waals surface area contributed by atoms with E-state index in [4.69, 9.17) is 23.2 Å². The van der Waals surface area contributed by atoms with Crippen molar-refractivity contribution < 1.29 is 14.4 Å². The number of amides is 3. The lowest BCUT2D eigenvalue weighted by Crippen LogP contribution is -2.30. The molecule has 232 valence electrons. The van der Waals surface area contributed by atoms with Crippen LogP contribution in [0.1, 0.15) is 28.4 Å². The number of carbonyl (C=O) groups is 3. The highest BCUT2D eigenvalue weighted by Crippen LogP contribution is 2.29. The SMILES string of the molecule is Cc1ccc(-c2csc(NC(=O)C(C)Sc3ccc(NC(=O)/C(=C/c4ccc(Cl)cc4Cl)NC(=O)c4ccccc4)cc3)n2)cc1. The number of carbonyl (C=O) groups excluding carboxylic acids is 3. The van der Waals surface area contributed by atoms with E-state index in [-0.39, 0.29) is 11.6 Å². The summed E-state index contributed by atoms with van der Waals surface area (Å²) < 4.78 is 0. The van der Waals surface area contributed by atoms with E-state index in [1.807, 2.05) is 55.6 Å². The first kappa shape index (κ1) is 33.0. The Hall–Kier alpha value is -4.41. The van der Waals surface area contributed by atoms with E-state index in [1.165, 1.54) is 34.7 Å². The Labute approximate surface area is 285 Å². The zero-order chi connectivity index (χ0) is 32.6. The predicted octanol–water partition coefficient (Wildman–Crippen LogP) is 8.95. The van der Waals surface area contributed by atoms with E-state index >= 15 is 0 Å². The summed E-state index contributed by atoms with van der Waals surface area (Å²) >= 11 is 15.1. The average Bonchev–Trinajstić information content (AvgIpc) is 3.51. The number of halogens is 2. The molecule has 0 aliphatic heterocycles. The van der Waals surface area contributed by atoms with Gasteiger partial charge in [0.15, 0.2) is 5.13 Å². The molecule has 3 amide bonds. The van der Waals surface area contributed by atoms with Crippen LogP contribution in [0.3, 0.4) is 0 Å². The fourth-order valence-electron chi connectivity index (χ4n) is 4.18. The van der Waals surface area contributed by atoms with Gasteiger partial charge in [-0.2, -0.15) is 0 Å². The van der Waals surface area contributed by atoms with Gasteiger partial charge in [-0.1, -0.05) is 77.3 Å². The molecule has 3 N–H and O–H groups in total. The molecular weight excluding hydrogens is 659 g/mol. The third-order valence-corrected chi connectivity index (χ3v) is 9.10. The van der Waals surface area contributed by atoms with Crippen LogP contribution in [-0.2, 0) is 9.59 Å². The third-order valence-electron chi connectivity index (χ3n) is 6.67. The lowest BCUT2D eigenvalue weighted by molar-refractivity contribution is -0.115. The number of aromatic nitrogens is 1. The molecule has 1 atom stereocenters. The fraction of sp³-hybridized carbons (Fsp3) is 0.0857. The fourth-order valence-corrected chi connectivity index (χ4v) is 6.24. The molecule has 4 aromatic carbocycles. The molecule has 0 aliphatic rings. The second kappa shape index (κ2) is 15.2. The molecule has 0 bridgehead atoms. The summed E-state index contributed by atoms with van der Waals surface area (Å²) in [6.45, 7) is 3.85. The molecule has 0 fully saturated rings. The van der Waals surface area contributed by atoms with Crippen molar-refractivity contribution in [3.8, 4) is 11.3 Å². The molecule has 11 heteroatoms. The number of anilines is 2. The van der Waals surface area contributed by atoms with Crippen molar-refractivity contribution in [2.24, 2.45) is 0 Å². The second-order valence-corrected chi connectivity index (χ2v) is 13.3. The van der Waals surface area contributed by atoms with Crippen molar-refractivity contribution in [3.63, 3.8) is 0 Å². The molecule has 1 aromatic heterocycles. The largest absolute Gasteiger partial charge is 0.321 e. The van der Waals surface area contributed by atoms with Crippen molar-refractivity contribution in [3.05, 3.63) is 135 Å². The molecule has 7 nitrogen and oxygen atoms in total. The van der Waals surface area contributed by atoms with Crippen LogP contribution in [0.4, 0.5) is 10.8 Å². The minimum absolute atomic E-state index is 0.00505.